The zero-order valence-electron chi connectivity index (χ0n) is 13.3. The largest absolute Gasteiger partial charge is 0.491 e. The molecule has 0 fully saturated rings. The Morgan fingerprint density at radius 2 is 1.48 bits per heavy atom. The zero-order valence-corrected chi connectivity index (χ0v) is 15.8. The van der Waals surface area contributed by atoms with E-state index in [0.717, 1.165) is 20.7 Å². The van der Waals surface area contributed by atoms with Crippen LogP contribution >= 0.6 is 32.9 Å². The van der Waals surface area contributed by atoms with E-state index >= 15 is 0 Å². The standard InChI is InChI=1S/C19H18OS3/c1-12(2)20-16-10-8-14(9-11-16)17-18(22-23-19(17)21)15-6-4-13(3)5-7-15/h4-12H,1-3H3. The van der Waals surface area contributed by atoms with E-state index in [1.54, 1.807) is 20.7 Å². The first-order valence-electron chi connectivity index (χ1n) is 7.52. The van der Waals surface area contributed by atoms with Crippen molar-refractivity contribution < 1.29 is 4.74 Å². The lowest BCUT2D eigenvalue weighted by molar-refractivity contribution is 0.242. The van der Waals surface area contributed by atoms with Crippen LogP contribution in [0.25, 0.3) is 21.6 Å². The van der Waals surface area contributed by atoms with Crippen LogP contribution in [0.3, 0.4) is 0 Å². The third-order valence-electron chi connectivity index (χ3n) is 3.46. The quantitative estimate of drug-likeness (QED) is 0.368. The molecule has 23 heavy (non-hydrogen) atoms. The van der Waals surface area contributed by atoms with Gasteiger partial charge in [-0.1, -0.05) is 74.9 Å². The van der Waals surface area contributed by atoms with Gasteiger partial charge in [-0.25, -0.2) is 0 Å². The fourth-order valence-corrected chi connectivity index (χ4v) is 5.29. The molecule has 0 atom stereocenters. The lowest BCUT2D eigenvalue weighted by Gasteiger charge is -2.10. The molecule has 1 nitrogen and oxygen atoms in total. The van der Waals surface area contributed by atoms with Crippen molar-refractivity contribution in [3.8, 4) is 27.3 Å². The number of ether oxygens (including phenoxy) is 1. The number of aryl methyl sites for hydroxylation is 1. The summed E-state index contributed by atoms with van der Waals surface area (Å²) in [5.41, 5.74) is 4.81. The molecule has 0 spiro atoms. The summed E-state index contributed by atoms with van der Waals surface area (Å²) < 4.78 is 6.67. The summed E-state index contributed by atoms with van der Waals surface area (Å²) in [6.07, 6.45) is 0.182. The Morgan fingerprint density at radius 1 is 0.870 bits per heavy atom. The van der Waals surface area contributed by atoms with Crippen molar-refractivity contribution in [2.24, 2.45) is 0 Å². The van der Waals surface area contributed by atoms with Gasteiger partial charge >= 0.3 is 0 Å². The molecular formula is C19H18OS3. The highest BCUT2D eigenvalue weighted by Crippen LogP contribution is 2.41. The van der Waals surface area contributed by atoms with Crippen LogP contribution in [0.4, 0.5) is 0 Å². The first-order chi connectivity index (χ1) is 11.0. The van der Waals surface area contributed by atoms with E-state index in [0.29, 0.717) is 0 Å². The minimum atomic E-state index is 0.182. The molecule has 4 heteroatoms. The van der Waals surface area contributed by atoms with Crippen LogP contribution in [-0.2, 0) is 0 Å². The molecular weight excluding hydrogens is 340 g/mol. The van der Waals surface area contributed by atoms with Gasteiger partial charge in [-0.2, -0.15) is 0 Å². The third kappa shape index (κ3) is 3.71. The maximum atomic E-state index is 5.72. The van der Waals surface area contributed by atoms with E-state index in [9.17, 15) is 0 Å². The van der Waals surface area contributed by atoms with Crippen molar-refractivity contribution in [3.63, 3.8) is 0 Å². The second-order valence-electron chi connectivity index (χ2n) is 5.72. The van der Waals surface area contributed by atoms with Gasteiger partial charge in [0.05, 0.1) is 11.0 Å². The Kier molecular flexibility index (Phi) is 4.95. The van der Waals surface area contributed by atoms with Crippen LogP contribution in [0.15, 0.2) is 48.5 Å². The maximum Gasteiger partial charge on any atom is 0.119 e. The molecule has 0 aliphatic heterocycles. The summed E-state index contributed by atoms with van der Waals surface area (Å²) in [6.45, 7) is 6.17. The van der Waals surface area contributed by atoms with Crippen LogP contribution < -0.4 is 4.74 Å². The summed E-state index contributed by atoms with van der Waals surface area (Å²) >= 11 is 5.58. The SMILES string of the molecule is Cc1ccc(-c2ssc(=S)c2-c2ccc(OC(C)C)cc2)cc1. The molecule has 0 radical (unpaired) electrons. The second kappa shape index (κ2) is 6.95. The first-order valence-corrected chi connectivity index (χ1v) is 10.1. The lowest BCUT2D eigenvalue weighted by atomic mass is 10.0. The van der Waals surface area contributed by atoms with E-state index in [4.69, 9.17) is 17.0 Å². The Labute approximate surface area is 149 Å². The van der Waals surface area contributed by atoms with Gasteiger partial charge in [-0.05, 0) is 44.0 Å². The maximum absolute atomic E-state index is 5.72. The highest BCUT2D eigenvalue weighted by atomic mass is 32.9. The first kappa shape index (κ1) is 16.4. The Bertz CT molecular complexity index is 840. The Morgan fingerprint density at radius 3 is 2.09 bits per heavy atom. The number of hydrogen-bond donors (Lipinski definition) is 0. The molecule has 3 rings (SSSR count). The second-order valence-corrected chi connectivity index (χ2v) is 8.53. The van der Waals surface area contributed by atoms with Crippen LogP contribution in [0.5, 0.6) is 5.75 Å². The predicted octanol–water partition coefficient (Wildman–Crippen LogP) is 6.97. The van der Waals surface area contributed by atoms with Gasteiger partial charge in [0.15, 0.2) is 0 Å². The van der Waals surface area contributed by atoms with Crippen molar-refractivity contribution in [2.75, 3.05) is 0 Å². The van der Waals surface area contributed by atoms with Gasteiger partial charge in [0.25, 0.3) is 0 Å². The van der Waals surface area contributed by atoms with Crippen LogP contribution in [-0.4, -0.2) is 6.10 Å². The van der Waals surface area contributed by atoms with E-state index in [2.05, 4.69) is 43.3 Å². The van der Waals surface area contributed by atoms with E-state index in [1.807, 2.05) is 26.0 Å². The van der Waals surface area contributed by atoms with Crippen molar-refractivity contribution in [1.29, 1.82) is 0 Å². The highest BCUT2D eigenvalue weighted by molar-refractivity contribution is 7.80. The highest BCUT2D eigenvalue weighted by Gasteiger charge is 2.13. The molecule has 0 unspecified atom stereocenters. The number of benzene rings is 2. The van der Waals surface area contributed by atoms with E-state index in [-0.39, 0.29) is 6.10 Å². The van der Waals surface area contributed by atoms with Crippen LogP contribution in [0, 0.1) is 10.7 Å². The minimum Gasteiger partial charge on any atom is -0.491 e. The molecule has 0 saturated heterocycles. The molecule has 0 N–H and O–H groups in total. The normalized spacial score (nSPS) is 11.0. The number of rotatable bonds is 4. The fourth-order valence-electron chi connectivity index (χ4n) is 2.37. The topological polar surface area (TPSA) is 9.23 Å². The van der Waals surface area contributed by atoms with Crippen molar-refractivity contribution in [3.05, 3.63) is 57.9 Å². The van der Waals surface area contributed by atoms with Crippen LogP contribution in [0.1, 0.15) is 19.4 Å². The van der Waals surface area contributed by atoms with Crippen LogP contribution in [0.2, 0.25) is 0 Å². The fraction of sp³-hybridized carbons (Fsp3) is 0.211. The average molecular weight is 359 g/mol. The molecule has 0 aliphatic carbocycles. The van der Waals surface area contributed by atoms with Gasteiger partial charge in [-0.3, -0.25) is 0 Å². The summed E-state index contributed by atoms with van der Waals surface area (Å²) in [6, 6.07) is 16.9. The van der Waals surface area contributed by atoms with Gasteiger partial charge in [0.1, 0.15) is 9.57 Å². The molecule has 1 aromatic heterocycles. The molecule has 0 saturated carbocycles. The predicted molar refractivity (Wildman–Crippen MR) is 104 cm³/mol. The van der Waals surface area contributed by atoms with Gasteiger partial charge in [0, 0.05) is 5.56 Å². The Balaban J connectivity index is 2.01. The van der Waals surface area contributed by atoms with Gasteiger partial charge < -0.3 is 4.74 Å². The van der Waals surface area contributed by atoms with Gasteiger partial charge in [0.2, 0.25) is 0 Å². The van der Waals surface area contributed by atoms with Crippen molar-refractivity contribution in [2.45, 2.75) is 26.9 Å². The molecule has 1 heterocycles. The molecule has 0 bridgehead atoms. The Hall–Kier alpha value is -1.49. The molecule has 118 valence electrons. The number of hydrogen-bond acceptors (Lipinski definition) is 4. The summed E-state index contributed by atoms with van der Waals surface area (Å²) in [5, 5.41) is 0. The third-order valence-corrected chi connectivity index (χ3v) is 6.53. The van der Waals surface area contributed by atoms with Gasteiger partial charge in [-0.15, -0.1) is 0 Å². The van der Waals surface area contributed by atoms with Crippen molar-refractivity contribution >= 4 is 32.9 Å². The monoisotopic (exact) mass is 358 g/mol. The molecule has 0 aliphatic rings. The van der Waals surface area contributed by atoms with E-state index < -0.39 is 0 Å². The van der Waals surface area contributed by atoms with Crippen molar-refractivity contribution in [1.82, 2.24) is 0 Å². The zero-order chi connectivity index (χ0) is 16.4. The minimum absolute atomic E-state index is 0.182. The summed E-state index contributed by atoms with van der Waals surface area (Å²) in [4.78, 5) is 1.25. The summed E-state index contributed by atoms with van der Waals surface area (Å²) in [5.74, 6) is 0.894. The summed E-state index contributed by atoms with van der Waals surface area (Å²) in [7, 11) is 3.42. The lowest BCUT2D eigenvalue weighted by Crippen LogP contribution is -2.05. The molecule has 2 aromatic carbocycles. The average Bonchev–Trinajstić information content (AvgIpc) is 2.90. The molecule has 0 amide bonds. The van der Waals surface area contributed by atoms with E-state index in [1.165, 1.54) is 16.0 Å². The smallest absolute Gasteiger partial charge is 0.119 e. The molecule has 3 aromatic rings.